The van der Waals surface area contributed by atoms with Crippen molar-refractivity contribution in [2.75, 3.05) is 13.2 Å². The summed E-state index contributed by atoms with van der Waals surface area (Å²) in [5.41, 5.74) is 1.19. The minimum atomic E-state index is -0.239. The number of aromatic nitrogens is 1. The molecule has 0 spiro atoms. The number of ether oxygens (including phenoxy) is 1. The lowest BCUT2D eigenvalue weighted by molar-refractivity contribution is 0.0902. The van der Waals surface area contributed by atoms with E-state index in [4.69, 9.17) is 9.26 Å². The van der Waals surface area contributed by atoms with Gasteiger partial charge in [-0.15, -0.1) is 0 Å². The van der Waals surface area contributed by atoms with Crippen molar-refractivity contribution in [1.29, 1.82) is 0 Å². The van der Waals surface area contributed by atoms with Crippen LogP contribution in [0.25, 0.3) is 0 Å². The SMILES string of the molecule is O=C(NCC1COc2ccccc2C1)c1ccno1. The molecule has 1 aromatic heterocycles. The van der Waals surface area contributed by atoms with Crippen LogP contribution >= 0.6 is 0 Å². The summed E-state index contributed by atoms with van der Waals surface area (Å²) in [4.78, 5) is 11.7. The Morgan fingerprint density at radius 2 is 2.26 bits per heavy atom. The van der Waals surface area contributed by atoms with E-state index in [0.717, 1.165) is 12.2 Å². The Kier molecular flexibility index (Phi) is 3.18. The lowest BCUT2D eigenvalue weighted by Gasteiger charge is -2.25. The number of nitrogens with one attached hydrogen (secondary N) is 1. The lowest BCUT2D eigenvalue weighted by Crippen LogP contribution is -2.34. The van der Waals surface area contributed by atoms with Crippen LogP contribution < -0.4 is 10.1 Å². The number of amides is 1. The minimum absolute atomic E-state index is 0.233. The molecule has 0 bridgehead atoms. The van der Waals surface area contributed by atoms with Crippen LogP contribution in [-0.2, 0) is 6.42 Å². The van der Waals surface area contributed by atoms with Crippen molar-refractivity contribution in [2.24, 2.45) is 5.92 Å². The van der Waals surface area contributed by atoms with E-state index in [1.165, 1.54) is 11.8 Å². The van der Waals surface area contributed by atoms with Crippen molar-refractivity contribution < 1.29 is 14.1 Å². The van der Waals surface area contributed by atoms with Gasteiger partial charge in [0, 0.05) is 18.5 Å². The van der Waals surface area contributed by atoms with Crippen LogP contribution in [0.2, 0.25) is 0 Å². The second kappa shape index (κ2) is 5.14. The molecule has 5 heteroatoms. The number of rotatable bonds is 3. The van der Waals surface area contributed by atoms with Gasteiger partial charge in [-0.3, -0.25) is 4.79 Å². The van der Waals surface area contributed by atoms with Crippen LogP contribution in [0.3, 0.4) is 0 Å². The highest BCUT2D eigenvalue weighted by molar-refractivity contribution is 5.91. The molecule has 2 aromatic rings. The zero-order valence-corrected chi connectivity index (χ0v) is 10.3. The molecule has 1 aromatic carbocycles. The number of para-hydroxylation sites is 1. The van der Waals surface area contributed by atoms with Gasteiger partial charge < -0.3 is 14.6 Å². The molecule has 1 unspecified atom stereocenters. The summed E-state index contributed by atoms with van der Waals surface area (Å²) in [7, 11) is 0. The van der Waals surface area contributed by atoms with Gasteiger partial charge in [0.05, 0.1) is 12.8 Å². The maximum absolute atomic E-state index is 11.7. The van der Waals surface area contributed by atoms with Gasteiger partial charge in [-0.05, 0) is 18.1 Å². The van der Waals surface area contributed by atoms with E-state index >= 15 is 0 Å². The molecule has 1 N–H and O–H groups in total. The van der Waals surface area contributed by atoms with E-state index in [9.17, 15) is 4.79 Å². The standard InChI is InChI=1S/C14H14N2O3/c17-14(13-5-6-16-19-13)15-8-10-7-11-3-1-2-4-12(11)18-9-10/h1-6,10H,7-9H2,(H,15,17). The van der Waals surface area contributed by atoms with E-state index in [1.807, 2.05) is 18.2 Å². The molecule has 1 aliphatic rings. The normalized spacial score (nSPS) is 17.4. The summed E-state index contributed by atoms with van der Waals surface area (Å²) in [5, 5.41) is 6.34. The number of carbonyl (C=O) groups is 1. The van der Waals surface area contributed by atoms with E-state index < -0.39 is 0 Å². The predicted octanol–water partition coefficient (Wildman–Crippen LogP) is 1.66. The van der Waals surface area contributed by atoms with Crippen LogP contribution in [0, 0.1) is 5.92 Å². The van der Waals surface area contributed by atoms with Gasteiger partial charge in [-0.25, -0.2) is 0 Å². The molecule has 1 aliphatic heterocycles. The zero-order chi connectivity index (χ0) is 13.1. The maximum atomic E-state index is 11.7. The largest absolute Gasteiger partial charge is 0.493 e. The molecule has 0 saturated heterocycles. The molecular formula is C14H14N2O3. The Labute approximate surface area is 110 Å². The third-order valence-electron chi connectivity index (χ3n) is 3.17. The zero-order valence-electron chi connectivity index (χ0n) is 10.3. The quantitative estimate of drug-likeness (QED) is 0.909. The number of hydrogen-bond acceptors (Lipinski definition) is 4. The first-order chi connectivity index (χ1) is 9.33. The minimum Gasteiger partial charge on any atom is -0.493 e. The predicted molar refractivity (Wildman–Crippen MR) is 68.0 cm³/mol. The van der Waals surface area contributed by atoms with Crippen molar-refractivity contribution in [3.8, 4) is 5.75 Å². The fraction of sp³-hybridized carbons (Fsp3) is 0.286. The lowest BCUT2D eigenvalue weighted by atomic mass is 9.97. The first kappa shape index (κ1) is 11.8. The van der Waals surface area contributed by atoms with Gasteiger partial charge in [0.2, 0.25) is 5.76 Å². The molecule has 19 heavy (non-hydrogen) atoms. The molecule has 1 atom stereocenters. The van der Waals surface area contributed by atoms with Gasteiger partial charge in [-0.1, -0.05) is 23.4 Å². The van der Waals surface area contributed by atoms with Crippen LogP contribution in [-0.4, -0.2) is 24.2 Å². The van der Waals surface area contributed by atoms with Crippen molar-refractivity contribution >= 4 is 5.91 Å². The highest BCUT2D eigenvalue weighted by atomic mass is 16.5. The van der Waals surface area contributed by atoms with Crippen LogP contribution in [0.5, 0.6) is 5.75 Å². The second-order valence-electron chi connectivity index (χ2n) is 4.58. The number of nitrogens with zero attached hydrogens (tertiary/aromatic N) is 1. The number of fused-ring (bicyclic) bond motifs is 1. The average molecular weight is 258 g/mol. The molecule has 0 aliphatic carbocycles. The topological polar surface area (TPSA) is 64.4 Å². The monoisotopic (exact) mass is 258 g/mol. The fourth-order valence-electron chi connectivity index (χ4n) is 2.18. The first-order valence-electron chi connectivity index (χ1n) is 6.22. The molecule has 0 saturated carbocycles. The molecule has 98 valence electrons. The molecule has 3 rings (SSSR count). The summed E-state index contributed by atoms with van der Waals surface area (Å²) < 4.78 is 10.5. The molecule has 1 amide bonds. The molecule has 0 fully saturated rings. The van der Waals surface area contributed by atoms with Gasteiger partial charge in [0.15, 0.2) is 0 Å². The Hall–Kier alpha value is -2.30. The average Bonchev–Trinajstić information content (AvgIpc) is 2.99. The molecule has 5 nitrogen and oxygen atoms in total. The smallest absolute Gasteiger partial charge is 0.289 e. The summed E-state index contributed by atoms with van der Waals surface area (Å²) in [6.45, 7) is 1.18. The highest BCUT2D eigenvalue weighted by Gasteiger charge is 2.20. The third kappa shape index (κ3) is 2.59. The molecular weight excluding hydrogens is 244 g/mol. The van der Waals surface area contributed by atoms with E-state index in [-0.39, 0.29) is 17.6 Å². The van der Waals surface area contributed by atoms with Gasteiger partial charge in [0.1, 0.15) is 5.75 Å². The summed E-state index contributed by atoms with van der Waals surface area (Å²) in [6, 6.07) is 9.53. The van der Waals surface area contributed by atoms with E-state index in [0.29, 0.717) is 13.2 Å². The summed E-state index contributed by atoms with van der Waals surface area (Å²) in [5.74, 6) is 1.22. The van der Waals surface area contributed by atoms with Gasteiger partial charge in [-0.2, -0.15) is 0 Å². The fourth-order valence-corrected chi connectivity index (χ4v) is 2.18. The van der Waals surface area contributed by atoms with Crippen LogP contribution in [0.1, 0.15) is 16.1 Å². The molecule has 0 radical (unpaired) electrons. The first-order valence-corrected chi connectivity index (χ1v) is 6.22. The van der Waals surface area contributed by atoms with Crippen LogP contribution in [0.4, 0.5) is 0 Å². The van der Waals surface area contributed by atoms with Crippen molar-refractivity contribution in [3.05, 3.63) is 47.9 Å². The molecule has 2 heterocycles. The Morgan fingerprint density at radius 1 is 1.37 bits per heavy atom. The Morgan fingerprint density at radius 3 is 3.11 bits per heavy atom. The van der Waals surface area contributed by atoms with Gasteiger partial charge >= 0.3 is 0 Å². The number of benzene rings is 1. The third-order valence-corrected chi connectivity index (χ3v) is 3.17. The Bertz CT molecular complexity index is 566. The summed E-state index contributed by atoms with van der Waals surface area (Å²) >= 11 is 0. The van der Waals surface area contributed by atoms with Crippen molar-refractivity contribution in [2.45, 2.75) is 6.42 Å². The van der Waals surface area contributed by atoms with E-state index in [2.05, 4.69) is 16.5 Å². The van der Waals surface area contributed by atoms with Crippen molar-refractivity contribution in [1.82, 2.24) is 10.5 Å². The van der Waals surface area contributed by atoms with Crippen molar-refractivity contribution in [3.63, 3.8) is 0 Å². The number of carbonyl (C=O) groups excluding carboxylic acids is 1. The maximum Gasteiger partial charge on any atom is 0.289 e. The number of hydrogen-bond donors (Lipinski definition) is 1. The second-order valence-corrected chi connectivity index (χ2v) is 4.58. The van der Waals surface area contributed by atoms with E-state index in [1.54, 1.807) is 6.07 Å². The highest BCUT2D eigenvalue weighted by Crippen LogP contribution is 2.26. The van der Waals surface area contributed by atoms with Crippen LogP contribution in [0.15, 0.2) is 41.1 Å². The summed E-state index contributed by atoms with van der Waals surface area (Å²) in [6.07, 6.45) is 2.36. The Balaban J connectivity index is 1.57. The van der Waals surface area contributed by atoms with Gasteiger partial charge in [0.25, 0.3) is 5.91 Å².